The van der Waals surface area contributed by atoms with Crippen LogP contribution in [0, 0.1) is 0 Å². The monoisotopic (exact) mass is 258 g/mol. The summed E-state index contributed by atoms with van der Waals surface area (Å²) in [7, 11) is 2.02. The SMILES string of the molecule is CN1CCC(O)(CN=C(N)N2CCSCC2)C1. The van der Waals surface area contributed by atoms with Crippen molar-refractivity contribution in [3.63, 3.8) is 0 Å². The van der Waals surface area contributed by atoms with Gasteiger partial charge in [0.1, 0.15) is 0 Å². The van der Waals surface area contributed by atoms with Gasteiger partial charge in [0.2, 0.25) is 0 Å². The van der Waals surface area contributed by atoms with Crippen LogP contribution in [0.4, 0.5) is 0 Å². The number of hydrogen-bond acceptors (Lipinski definition) is 4. The number of likely N-dealkylation sites (N-methyl/N-ethyl adjacent to an activating group) is 1. The van der Waals surface area contributed by atoms with E-state index < -0.39 is 5.60 Å². The Hall–Kier alpha value is -0.460. The molecular formula is C11H22N4OS. The molecule has 6 heteroatoms. The van der Waals surface area contributed by atoms with Crippen LogP contribution in [-0.4, -0.2) is 77.7 Å². The van der Waals surface area contributed by atoms with Gasteiger partial charge in [0, 0.05) is 37.7 Å². The van der Waals surface area contributed by atoms with Gasteiger partial charge in [-0.25, -0.2) is 0 Å². The molecule has 5 nitrogen and oxygen atoms in total. The van der Waals surface area contributed by atoms with Crippen LogP contribution in [0.5, 0.6) is 0 Å². The minimum absolute atomic E-state index is 0.423. The maximum Gasteiger partial charge on any atom is 0.191 e. The highest BCUT2D eigenvalue weighted by atomic mass is 32.2. The molecule has 3 N–H and O–H groups in total. The molecule has 0 aromatic carbocycles. The van der Waals surface area contributed by atoms with Crippen LogP contribution >= 0.6 is 11.8 Å². The smallest absolute Gasteiger partial charge is 0.191 e. The molecule has 0 saturated carbocycles. The van der Waals surface area contributed by atoms with Crippen molar-refractivity contribution in [2.75, 3.05) is 51.3 Å². The van der Waals surface area contributed by atoms with Gasteiger partial charge in [0.25, 0.3) is 0 Å². The molecule has 0 aromatic heterocycles. The fraction of sp³-hybridized carbons (Fsp3) is 0.909. The second-order valence-corrected chi connectivity index (χ2v) is 6.21. The molecule has 2 heterocycles. The number of aliphatic imine (C=N–C) groups is 1. The van der Waals surface area contributed by atoms with Crippen LogP contribution < -0.4 is 5.73 Å². The molecular weight excluding hydrogens is 236 g/mol. The largest absolute Gasteiger partial charge is 0.387 e. The van der Waals surface area contributed by atoms with Gasteiger partial charge in [-0.2, -0.15) is 11.8 Å². The zero-order chi connectivity index (χ0) is 12.3. The number of nitrogens with zero attached hydrogens (tertiary/aromatic N) is 3. The van der Waals surface area contributed by atoms with Crippen molar-refractivity contribution in [3.8, 4) is 0 Å². The summed E-state index contributed by atoms with van der Waals surface area (Å²) in [5, 5.41) is 10.3. The summed E-state index contributed by atoms with van der Waals surface area (Å²) in [6.45, 7) is 4.00. The number of β-amino-alcohol motifs (C(OH)–C–C–N with tert-alkyl or cyclic N) is 1. The molecule has 1 unspecified atom stereocenters. The minimum Gasteiger partial charge on any atom is -0.387 e. The van der Waals surface area contributed by atoms with Gasteiger partial charge in [-0.05, 0) is 13.5 Å². The van der Waals surface area contributed by atoms with Crippen molar-refractivity contribution in [1.82, 2.24) is 9.80 Å². The standard InChI is InChI=1S/C11H22N4OS/c1-14-3-2-11(16,9-14)8-13-10(12)15-4-6-17-7-5-15/h16H,2-9H2,1H3,(H2,12,13). The molecule has 0 amide bonds. The molecule has 0 aromatic rings. The van der Waals surface area contributed by atoms with Crippen LogP contribution in [0.25, 0.3) is 0 Å². The van der Waals surface area contributed by atoms with E-state index in [-0.39, 0.29) is 0 Å². The van der Waals surface area contributed by atoms with E-state index >= 15 is 0 Å². The van der Waals surface area contributed by atoms with E-state index in [1.54, 1.807) is 0 Å². The summed E-state index contributed by atoms with van der Waals surface area (Å²) in [5.74, 6) is 2.82. The van der Waals surface area contributed by atoms with E-state index in [0.29, 0.717) is 19.0 Å². The minimum atomic E-state index is -0.677. The molecule has 0 bridgehead atoms. The first-order chi connectivity index (χ1) is 8.09. The predicted molar refractivity (Wildman–Crippen MR) is 72.5 cm³/mol. The van der Waals surface area contributed by atoms with Gasteiger partial charge < -0.3 is 20.6 Å². The van der Waals surface area contributed by atoms with Gasteiger partial charge in [-0.15, -0.1) is 0 Å². The topological polar surface area (TPSA) is 65.1 Å². The van der Waals surface area contributed by atoms with Crippen LogP contribution in [0.15, 0.2) is 4.99 Å². The second kappa shape index (κ2) is 5.46. The van der Waals surface area contributed by atoms with Gasteiger partial charge in [-0.1, -0.05) is 0 Å². The Morgan fingerprint density at radius 2 is 2.12 bits per heavy atom. The lowest BCUT2D eigenvalue weighted by atomic mass is 10.0. The average molecular weight is 258 g/mol. The predicted octanol–water partition coefficient (Wildman–Crippen LogP) is -0.583. The summed E-state index contributed by atoms with van der Waals surface area (Å²) in [6.07, 6.45) is 0.788. The summed E-state index contributed by atoms with van der Waals surface area (Å²) < 4.78 is 0. The highest BCUT2D eigenvalue weighted by molar-refractivity contribution is 7.99. The third-order valence-electron chi connectivity index (χ3n) is 3.39. The number of guanidine groups is 1. The molecule has 17 heavy (non-hydrogen) atoms. The number of thioether (sulfide) groups is 1. The number of nitrogens with two attached hydrogens (primary N) is 1. The third-order valence-corrected chi connectivity index (χ3v) is 4.34. The Balaban J connectivity index is 1.86. The first kappa shape index (κ1) is 13.0. The lowest BCUT2D eigenvalue weighted by molar-refractivity contribution is 0.0612. The number of aliphatic hydroxyl groups is 1. The molecule has 0 radical (unpaired) electrons. The maximum atomic E-state index is 10.3. The maximum absolute atomic E-state index is 10.3. The highest BCUT2D eigenvalue weighted by Gasteiger charge is 2.34. The zero-order valence-electron chi connectivity index (χ0n) is 10.4. The molecule has 2 aliphatic heterocycles. The van der Waals surface area contributed by atoms with E-state index in [9.17, 15) is 5.11 Å². The van der Waals surface area contributed by atoms with E-state index in [1.165, 1.54) is 0 Å². The van der Waals surface area contributed by atoms with Crippen molar-refractivity contribution in [2.24, 2.45) is 10.7 Å². The summed E-state index contributed by atoms with van der Waals surface area (Å²) in [4.78, 5) is 8.61. The highest BCUT2D eigenvalue weighted by Crippen LogP contribution is 2.20. The average Bonchev–Trinajstić information content (AvgIpc) is 2.68. The first-order valence-electron chi connectivity index (χ1n) is 6.13. The molecule has 2 rings (SSSR count). The molecule has 2 saturated heterocycles. The Morgan fingerprint density at radius 3 is 2.71 bits per heavy atom. The fourth-order valence-corrected chi connectivity index (χ4v) is 3.21. The van der Waals surface area contributed by atoms with Gasteiger partial charge in [-0.3, -0.25) is 4.99 Å². The fourth-order valence-electron chi connectivity index (χ4n) is 2.31. The summed E-state index contributed by atoms with van der Waals surface area (Å²) in [6, 6.07) is 0. The zero-order valence-corrected chi connectivity index (χ0v) is 11.2. The van der Waals surface area contributed by atoms with E-state index in [2.05, 4.69) is 14.8 Å². The van der Waals surface area contributed by atoms with Crippen LogP contribution in [-0.2, 0) is 0 Å². The number of rotatable bonds is 2. The van der Waals surface area contributed by atoms with Crippen molar-refractivity contribution < 1.29 is 5.11 Å². The Morgan fingerprint density at radius 1 is 1.41 bits per heavy atom. The van der Waals surface area contributed by atoms with Gasteiger partial charge in [0.05, 0.1) is 12.1 Å². The molecule has 2 aliphatic rings. The summed E-state index contributed by atoms with van der Waals surface area (Å²) >= 11 is 1.95. The first-order valence-corrected chi connectivity index (χ1v) is 7.28. The normalized spacial score (nSPS) is 32.1. The molecule has 2 fully saturated rings. The van der Waals surface area contributed by atoms with Crippen LogP contribution in [0.1, 0.15) is 6.42 Å². The van der Waals surface area contributed by atoms with Crippen LogP contribution in [0.3, 0.4) is 0 Å². The number of likely N-dealkylation sites (tertiary alicyclic amines) is 1. The Bertz CT molecular complexity index is 293. The van der Waals surface area contributed by atoms with E-state index in [0.717, 1.165) is 37.6 Å². The van der Waals surface area contributed by atoms with E-state index in [4.69, 9.17) is 5.73 Å². The third kappa shape index (κ3) is 3.50. The Kier molecular flexibility index (Phi) is 4.17. The van der Waals surface area contributed by atoms with Crippen molar-refractivity contribution in [1.29, 1.82) is 0 Å². The molecule has 0 aliphatic carbocycles. The van der Waals surface area contributed by atoms with Crippen molar-refractivity contribution in [3.05, 3.63) is 0 Å². The molecule has 0 spiro atoms. The summed E-state index contributed by atoms with van der Waals surface area (Å²) in [5.41, 5.74) is 5.29. The molecule has 98 valence electrons. The van der Waals surface area contributed by atoms with Crippen molar-refractivity contribution in [2.45, 2.75) is 12.0 Å². The van der Waals surface area contributed by atoms with Crippen LogP contribution in [0.2, 0.25) is 0 Å². The lowest BCUT2D eigenvalue weighted by Crippen LogP contribution is -2.44. The molecule has 1 atom stereocenters. The number of hydrogen-bond donors (Lipinski definition) is 2. The van der Waals surface area contributed by atoms with Crippen molar-refractivity contribution >= 4 is 17.7 Å². The lowest BCUT2D eigenvalue weighted by Gasteiger charge is -2.28. The quantitative estimate of drug-likeness (QED) is 0.512. The second-order valence-electron chi connectivity index (χ2n) is 4.99. The van der Waals surface area contributed by atoms with Gasteiger partial charge >= 0.3 is 0 Å². The van der Waals surface area contributed by atoms with E-state index in [1.807, 2.05) is 18.8 Å². The van der Waals surface area contributed by atoms with Gasteiger partial charge in [0.15, 0.2) is 5.96 Å². The Labute approximate surface area is 107 Å².